The Labute approximate surface area is 203 Å². The van der Waals surface area contributed by atoms with Crippen LogP contribution in [0.15, 0.2) is 76.7 Å². The Morgan fingerprint density at radius 2 is 1.59 bits per heavy atom. The molecule has 0 radical (unpaired) electrons. The molecular formula is C26H28FN5OS. The fraction of sp³-hybridized carbons (Fsp3) is 0.346. The number of hydrogen-bond acceptors (Lipinski definition) is 6. The van der Waals surface area contributed by atoms with Crippen molar-refractivity contribution in [2.75, 3.05) is 49.1 Å². The van der Waals surface area contributed by atoms with Crippen molar-refractivity contribution < 1.29 is 9.18 Å². The van der Waals surface area contributed by atoms with Gasteiger partial charge in [0.2, 0.25) is 5.91 Å². The Bertz CT molecular complexity index is 1100. The Hall–Kier alpha value is -3.13. The second kappa shape index (κ2) is 10.4. The summed E-state index contributed by atoms with van der Waals surface area (Å²) in [6, 6.07) is 20.7. The first-order valence-electron chi connectivity index (χ1n) is 11.8. The van der Waals surface area contributed by atoms with Crippen LogP contribution in [0.5, 0.6) is 0 Å². The Balaban J connectivity index is 1.10. The molecule has 8 heteroatoms. The number of halogens is 1. The molecule has 3 heterocycles. The molecule has 0 atom stereocenters. The molecule has 2 saturated heterocycles. The highest BCUT2D eigenvalue weighted by molar-refractivity contribution is 7.99. The number of benzene rings is 2. The summed E-state index contributed by atoms with van der Waals surface area (Å²) in [5.74, 6) is 0.937. The maximum absolute atomic E-state index is 13.4. The number of anilines is 2. The van der Waals surface area contributed by atoms with E-state index in [0.29, 0.717) is 5.91 Å². The smallest absolute Gasteiger partial charge is 0.225 e. The van der Waals surface area contributed by atoms with E-state index < -0.39 is 0 Å². The van der Waals surface area contributed by atoms with E-state index in [9.17, 15) is 9.18 Å². The average Bonchev–Trinajstić information content (AvgIpc) is 2.89. The minimum atomic E-state index is -0.259. The average molecular weight is 478 g/mol. The lowest BCUT2D eigenvalue weighted by molar-refractivity contribution is -0.136. The number of nitrogens with zero attached hydrogens (tertiary/aromatic N) is 5. The van der Waals surface area contributed by atoms with E-state index in [1.165, 1.54) is 29.6 Å². The van der Waals surface area contributed by atoms with E-state index in [2.05, 4.69) is 44.3 Å². The van der Waals surface area contributed by atoms with Crippen molar-refractivity contribution in [3.05, 3.63) is 72.5 Å². The molecule has 5 rings (SSSR count). The van der Waals surface area contributed by atoms with Gasteiger partial charge in [-0.15, -0.1) is 10.2 Å². The second-order valence-electron chi connectivity index (χ2n) is 8.70. The Kier molecular flexibility index (Phi) is 6.94. The van der Waals surface area contributed by atoms with Gasteiger partial charge in [0.05, 0.1) is 0 Å². The summed E-state index contributed by atoms with van der Waals surface area (Å²) in [7, 11) is 0. The number of carbonyl (C=O) groups excluding carboxylic acids is 1. The highest BCUT2D eigenvalue weighted by Gasteiger charge is 2.31. The molecule has 34 heavy (non-hydrogen) atoms. The first-order chi connectivity index (χ1) is 16.7. The quantitative estimate of drug-likeness (QED) is 0.545. The van der Waals surface area contributed by atoms with Crippen molar-refractivity contribution in [3.63, 3.8) is 0 Å². The van der Waals surface area contributed by atoms with Gasteiger partial charge in [-0.2, -0.15) is 0 Å². The molecule has 0 aliphatic carbocycles. The lowest BCUT2D eigenvalue weighted by Gasteiger charge is -2.39. The molecule has 0 N–H and O–H groups in total. The molecule has 2 aliphatic heterocycles. The third-order valence-electron chi connectivity index (χ3n) is 6.53. The zero-order valence-corrected chi connectivity index (χ0v) is 19.8. The number of piperazine rings is 1. The van der Waals surface area contributed by atoms with Crippen molar-refractivity contribution >= 4 is 29.2 Å². The van der Waals surface area contributed by atoms with Gasteiger partial charge in [-0.3, -0.25) is 4.79 Å². The molecule has 0 saturated carbocycles. The SMILES string of the molecule is O=C(C1CCN(c2ccc(Sc3cccc(F)c3)nn2)CC1)N1CCN(c2ccccc2)CC1. The topological polar surface area (TPSA) is 52.6 Å². The zero-order valence-electron chi connectivity index (χ0n) is 19.0. The van der Waals surface area contributed by atoms with Crippen LogP contribution in [0.3, 0.4) is 0 Å². The van der Waals surface area contributed by atoms with Gasteiger partial charge in [-0.1, -0.05) is 36.0 Å². The number of aromatic nitrogens is 2. The molecule has 1 amide bonds. The van der Waals surface area contributed by atoms with Crippen LogP contribution >= 0.6 is 11.8 Å². The van der Waals surface area contributed by atoms with Crippen molar-refractivity contribution in [1.82, 2.24) is 15.1 Å². The van der Waals surface area contributed by atoms with Gasteiger partial charge in [0.1, 0.15) is 10.8 Å². The molecule has 2 aromatic carbocycles. The minimum absolute atomic E-state index is 0.0790. The van der Waals surface area contributed by atoms with Crippen LogP contribution in [0.1, 0.15) is 12.8 Å². The van der Waals surface area contributed by atoms with Crippen molar-refractivity contribution in [2.24, 2.45) is 5.92 Å². The van der Waals surface area contributed by atoms with E-state index >= 15 is 0 Å². The number of amides is 1. The molecule has 1 aromatic heterocycles. The Morgan fingerprint density at radius 1 is 0.824 bits per heavy atom. The Morgan fingerprint density at radius 3 is 2.26 bits per heavy atom. The summed E-state index contributed by atoms with van der Waals surface area (Å²) in [6.45, 7) is 4.92. The van der Waals surface area contributed by atoms with Gasteiger partial charge in [0.15, 0.2) is 5.82 Å². The lowest BCUT2D eigenvalue weighted by atomic mass is 9.95. The normalized spacial score (nSPS) is 17.1. The van der Waals surface area contributed by atoms with Gasteiger partial charge < -0.3 is 14.7 Å². The van der Waals surface area contributed by atoms with Crippen LogP contribution in [0.25, 0.3) is 0 Å². The minimum Gasteiger partial charge on any atom is -0.368 e. The highest BCUT2D eigenvalue weighted by Crippen LogP contribution is 2.28. The molecule has 2 aliphatic rings. The fourth-order valence-corrected chi connectivity index (χ4v) is 5.40. The summed E-state index contributed by atoms with van der Waals surface area (Å²) in [4.78, 5) is 20.5. The molecule has 0 unspecified atom stereocenters. The predicted octanol–water partition coefficient (Wildman–Crippen LogP) is 4.33. The summed E-state index contributed by atoms with van der Waals surface area (Å²) in [6.07, 6.45) is 1.67. The van der Waals surface area contributed by atoms with E-state index in [-0.39, 0.29) is 11.7 Å². The molecule has 6 nitrogen and oxygen atoms in total. The highest BCUT2D eigenvalue weighted by atomic mass is 32.2. The number of para-hydroxylation sites is 1. The summed E-state index contributed by atoms with van der Waals surface area (Å²) in [5.41, 5.74) is 1.23. The number of hydrogen-bond donors (Lipinski definition) is 0. The monoisotopic (exact) mass is 477 g/mol. The van der Waals surface area contributed by atoms with Gasteiger partial charge in [0, 0.05) is 55.8 Å². The summed E-state index contributed by atoms with van der Waals surface area (Å²) < 4.78 is 13.4. The predicted molar refractivity (Wildman–Crippen MR) is 133 cm³/mol. The van der Waals surface area contributed by atoms with Gasteiger partial charge in [-0.25, -0.2) is 4.39 Å². The molecule has 0 bridgehead atoms. The van der Waals surface area contributed by atoms with E-state index in [1.807, 2.05) is 29.2 Å². The van der Waals surface area contributed by atoms with Crippen molar-refractivity contribution in [1.29, 1.82) is 0 Å². The standard InChI is InChI=1S/C26H28FN5OS/c27-21-5-4-8-23(19-21)34-25-10-9-24(28-29-25)31-13-11-20(12-14-31)26(33)32-17-15-30(16-18-32)22-6-2-1-3-7-22/h1-10,19-20H,11-18H2. The maximum atomic E-state index is 13.4. The molecule has 176 valence electrons. The first-order valence-corrected chi connectivity index (χ1v) is 12.6. The van der Waals surface area contributed by atoms with Gasteiger partial charge >= 0.3 is 0 Å². The van der Waals surface area contributed by atoms with Crippen molar-refractivity contribution in [3.8, 4) is 0 Å². The summed E-state index contributed by atoms with van der Waals surface area (Å²) in [5, 5.41) is 9.42. The lowest BCUT2D eigenvalue weighted by Crippen LogP contribution is -2.51. The summed E-state index contributed by atoms with van der Waals surface area (Å²) >= 11 is 1.39. The largest absolute Gasteiger partial charge is 0.368 e. The third kappa shape index (κ3) is 5.33. The van der Waals surface area contributed by atoms with Crippen molar-refractivity contribution in [2.45, 2.75) is 22.8 Å². The van der Waals surface area contributed by atoms with Crippen LogP contribution in [0.2, 0.25) is 0 Å². The number of piperidine rings is 1. The van der Waals surface area contributed by atoms with E-state index in [0.717, 1.165) is 67.8 Å². The molecular weight excluding hydrogens is 449 g/mol. The zero-order chi connectivity index (χ0) is 23.3. The number of carbonyl (C=O) groups is 1. The first kappa shape index (κ1) is 22.7. The van der Waals surface area contributed by atoms with Gasteiger partial charge in [-0.05, 0) is 55.3 Å². The van der Waals surface area contributed by atoms with Crippen LogP contribution in [-0.4, -0.2) is 60.3 Å². The third-order valence-corrected chi connectivity index (χ3v) is 7.44. The van der Waals surface area contributed by atoms with Crippen LogP contribution in [-0.2, 0) is 4.79 Å². The van der Waals surface area contributed by atoms with Crippen LogP contribution in [0.4, 0.5) is 15.9 Å². The van der Waals surface area contributed by atoms with E-state index in [4.69, 9.17) is 0 Å². The molecule has 3 aromatic rings. The second-order valence-corrected chi connectivity index (χ2v) is 9.79. The molecule has 0 spiro atoms. The number of rotatable bonds is 5. The molecule has 2 fully saturated rings. The van der Waals surface area contributed by atoms with E-state index in [1.54, 1.807) is 6.07 Å². The van der Waals surface area contributed by atoms with Gasteiger partial charge in [0.25, 0.3) is 0 Å². The van der Waals surface area contributed by atoms with Crippen LogP contribution in [0, 0.1) is 11.7 Å². The maximum Gasteiger partial charge on any atom is 0.225 e. The fourth-order valence-electron chi connectivity index (χ4n) is 4.62. The van der Waals surface area contributed by atoms with Crippen LogP contribution < -0.4 is 9.80 Å².